The third-order valence-corrected chi connectivity index (χ3v) is 5.44. The van der Waals surface area contributed by atoms with Gasteiger partial charge in [0.1, 0.15) is 0 Å². The second-order valence-corrected chi connectivity index (χ2v) is 7.04. The first-order valence-corrected chi connectivity index (χ1v) is 9.17. The van der Waals surface area contributed by atoms with E-state index < -0.39 is 17.8 Å². The van der Waals surface area contributed by atoms with Crippen molar-refractivity contribution < 1.29 is 19.6 Å². The van der Waals surface area contributed by atoms with Crippen LogP contribution in [0.4, 0.5) is 0 Å². The Bertz CT molecular complexity index is 621. The number of nitrogens with zero attached hydrogens (tertiary/aromatic N) is 1. The van der Waals surface area contributed by atoms with Crippen molar-refractivity contribution >= 4 is 11.9 Å². The molecule has 1 aromatic carbocycles. The highest BCUT2D eigenvalue weighted by Gasteiger charge is 2.34. The van der Waals surface area contributed by atoms with Gasteiger partial charge < -0.3 is 19.7 Å². The Kier molecular flexibility index (Phi) is 5.87. The molecule has 5 nitrogen and oxygen atoms in total. The van der Waals surface area contributed by atoms with Gasteiger partial charge in [-0.25, -0.2) is 0 Å². The van der Waals surface area contributed by atoms with Gasteiger partial charge in [-0.2, -0.15) is 0 Å². The molecule has 0 spiro atoms. The Labute approximate surface area is 148 Å². The minimum atomic E-state index is -1.10. The molecule has 2 aliphatic rings. The fraction of sp³-hybridized carbons (Fsp3) is 0.500. The molecule has 1 fully saturated rings. The predicted molar refractivity (Wildman–Crippen MR) is 92.7 cm³/mol. The molecule has 5 heteroatoms. The molecular formula is C20H26N2O3. The van der Waals surface area contributed by atoms with Gasteiger partial charge in [0.15, 0.2) is 0 Å². The zero-order valence-corrected chi connectivity index (χ0v) is 14.5. The first kappa shape index (κ1) is 17.7. The Morgan fingerprint density at radius 1 is 1.04 bits per heavy atom. The molecule has 0 unspecified atom stereocenters. The van der Waals surface area contributed by atoms with Gasteiger partial charge in [-0.3, -0.25) is 4.79 Å². The number of hydrogen-bond donors (Lipinski definition) is 1. The van der Waals surface area contributed by atoms with Crippen LogP contribution in [0, 0.1) is 11.8 Å². The third kappa shape index (κ3) is 4.48. The third-order valence-electron chi connectivity index (χ3n) is 5.44. The topological polar surface area (TPSA) is 64.9 Å². The summed E-state index contributed by atoms with van der Waals surface area (Å²) < 4.78 is 0. The van der Waals surface area contributed by atoms with E-state index in [1.807, 2.05) is 23.1 Å². The number of carbonyl (C=O) groups excluding carboxylic acids is 2. The van der Waals surface area contributed by atoms with Crippen molar-refractivity contribution in [3.05, 3.63) is 48.0 Å². The summed E-state index contributed by atoms with van der Waals surface area (Å²) >= 11 is 0. The lowest BCUT2D eigenvalue weighted by atomic mass is 9.82. The number of amides is 1. The average molecular weight is 342 g/mol. The Morgan fingerprint density at radius 2 is 1.68 bits per heavy atom. The van der Waals surface area contributed by atoms with Gasteiger partial charge in [0, 0.05) is 24.2 Å². The molecule has 0 radical (unpaired) electrons. The molecule has 1 aromatic rings. The van der Waals surface area contributed by atoms with E-state index in [2.05, 4.69) is 24.3 Å². The quantitative estimate of drug-likeness (QED) is 0.719. The van der Waals surface area contributed by atoms with Crippen LogP contribution in [0.3, 0.4) is 0 Å². The number of rotatable bonds is 5. The number of quaternary nitrogens is 1. The van der Waals surface area contributed by atoms with E-state index in [0.29, 0.717) is 25.9 Å². The predicted octanol–water partition coefficient (Wildman–Crippen LogP) is -0.711. The number of carboxylic acid groups (broad SMARTS) is 1. The molecule has 134 valence electrons. The maximum Gasteiger partial charge on any atom is 0.227 e. The molecule has 3 rings (SSSR count). The van der Waals surface area contributed by atoms with Crippen LogP contribution >= 0.6 is 0 Å². The highest BCUT2D eigenvalue weighted by Crippen LogP contribution is 2.27. The number of carbonyl (C=O) groups is 2. The Balaban J connectivity index is 1.49. The van der Waals surface area contributed by atoms with Crippen molar-refractivity contribution in [3.63, 3.8) is 0 Å². The highest BCUT2D eigenvalue weighted by atomic mass is 16.4. The van der Waals surface area contributed by atoms with E-state index in [0.717, 1.165) is 26.1 Å². The molecule has 25 heavy (non-hydrogen) atoms. The van der Waals surface area contributed by atoms with Crippen molar-refractivity contribution in [2.45, 2.75) is 19.3 Å². The van der Waals surface area contributed by atoms with Crippen LogP contribution in [0.5, 0.6) is 0 Å². The minimum Gasteiger partial charge on any atom is -0.550 e. The van der Waals surface area contributed by atoms with E-state index in [4.69, 9.17) is 0 Å². The van der Waals surface area contributed by atoms with Crippen molar-refractivity contribution in [3.8, 4) is 0 Å². The Hall–Kier alpha value is -2.14. The lowest BCUT2D eigenvalue weighted by molar-refractivity contribution is -0.903. The SMILES string of the molecule is O=C([O-])[C@@H]1CC=CC[C@@H]1C(=O)N1CC[NH+](CCc2ccccc2)CC1. The number of aliphatic carboxylic acids is 1. The molecule has 1 saturated heterocycles. The van der Waals surface area contributed by atoms with Crippen LogP contribution in [0.25, 0.3) is 0 Å². The second-order valence-electron chi connectivity index (χ2n) is 7.04. The van der Waals surface area contributed by atoms with Crippen LogP contribution in [-0.2, 0) is 16.0 Å². The van der Waals surface area contributed by atoms with Crippen molar-refractivity contribution in [1.29, 1.82) is 0 Å². The molecule has 1 aliphatic carbocycles. The molecule has 1 heterocycles. The van der Waals surface area contributed by atoms with Crippen molar-refractivity contribution in [2.75, 3.05) is 32.7 Å². The number of benzene rings is 1. The summed E-state index contributed by atoms with van der Waals surface area (Å²) in [5.41, 5.74) is 1.35. The summed E-state index contributed by atoms with van der Waals surface area (Å²) in [7, 11) is 0. The first-order valence-electron chi connectivity index (χ1n) is 9.17. The van der Waals surface area contributed by atoms with Crippen molar-refractivity contribution in [1.82, 2.24) is 4.90 Å². The molecule has 0 saturated carbocycles. The number of piperazine rings is 1. The number of allylic oxidation sites excluding steroid dienone is 2. The van der Waals surface area contributed by atoms with E-state index in [1.54, 1.807) is 0 Å². The molecule has 1 aliphatic heterocycles. The number of nitrogens with one attached hydrogen (secondary N) is 1. The van der Waals surface area contributed by atoms with E-state index in [9.17, 15) is 14.7 Å². The molecule has 0 bridgehead atoms. The summed E-state index contributed by atoms with van der Waals surface area (Å²) in [5.74, 6) is -2.25. The zero-order chi connectivity index (χ0) is 17.6. The van der Waals surface area contributed by atoms with Gasteiger partial charge in [-0.1, -0.05) is 42.5 Å². The van der Waals surface area contributed by atoms with E-state index in [-0.39, 0.29) is 5.91 Å². The highest BCUT2D eigenvalue weighted by molar-refractivity contribution is 5.84. The normalized spacial score (nSPS) is 24.2. The standard InChI is InChI=1S/C20H26N2O3/c23-19(17-8-4-5-9-18(17)20(24)25)22-14-12-21(13-15-22)11-10-16-6-2-1-3-7-16/h1-7,17-18H,8-15H2,(H,24,25)/t17-,18+/m0/s1. The first-order chi connectivity index (χ1) is 12.1. The summed E-state index contributed by atoms with van der Waals surface area (Å²) in [5, 5.41) is 11.3. The van der Waals surface area contributed by atoms with Crippen LogP contribution in [0.2, 0.25) is 0 Å². The zero-order valence-electron chi connectivity index (χ0n) is 14.5. The van der Waals surface area contributed by atoms with Gasteiger partial charge in [0.25, 0.3) is 0 Å². The smallest absolute Gasteiger partial charge is 0.227 e. The van der Waals surface area contributed by atoms with Gasteiger partial charge in [0.05, 0.1) is 32.7 Å². The van der Waals surface area contributed by atoms with Crippen LogP contribution < -0.4 is 10.0 Å². The number of carboxylic acids is 1. The summed E-state index contributed by atoms with van der Waals surface area (Å²) in [6.07, 6.45) is 5.73. The minimum absolute atomic E-state index is 0.0133. The number of hydrogen-bond acceptors (Lipinski definition) is 3. The summed E-state index contributed by atoms with van der Waals surface area (Å²) in [6, 6.07) is 10.5. The van der Waals surface area contributed by atoms with Gasteiger partial charge in [0.2, 0.25) is 5.91 Å². The summed E-state index contributed by atoms with van der Waals surface area (Å²) in [4.78, 5) is 27.4. The van der Waals surface area contributed by atoms with Gasteiger partial charge in [-0.05, 0) is 18.4 Å². The summed E-state index contributed by atoms with van der Waals surface area (Å²) in [6.45, 7) is 4.35. The maximum atomic E-state index is 12.7. The maximum absolute atomic E-state index is 12.7. The fourth-order valence-corrected chi connectivity index (χ4v) is 3.84. The fourth-order valence-electron chi connectivity index (χ4n) is 3.84. The van der Waals surface area contributed by atoms with Crippen LogP contribution in [0.1, 0.15) is 18.4 Å². The lowest BCUT2D eigenvalue weighted by Crippen LogP contribution is -3.15. The van der Waals surface area contributed by atoms with Crippen LogP contribution in [0.15, 0.2) is 42.5 Å². The monoisotopic (exact) mass is 342 g/mol. The van der Waals surface area contributed by atoms with Gasteiger partial charge >= 0.3 is 0 Å². The lowest BCUT2D eigenvalue weighted by Gasteiger charge is -2.37. The van der Waals surface area contributed by atoms with Crippen LogP contribution in [-0.4, -0.2) is 49.5 Å². The van der Waals surface area contributed by atoms with E-state index >= 15 is 0 Å². The largest absolute Gasteiger partial charge is 0.550 e. The average Bonchev–Trinajstić information content (AvgIpc) is 2.67. The molecule has 1 amide bonds. The van der Waals surface area contributed by atoms with E-state index in [1.165, 1.54) is 10.5 Å². The molecule has 0 aromatic heterocycles. The van der Waals surface area contributed by atoms with Gasteiger partial charge in [-0.15, -0.1) is 0 Å². The molecular weight excluding hydrogens is 316 g/mol. The second kappa shape index (κ2) is 8.30. The van der Waals surface area contributed by atoms with Crippen molar-refractivity contribution in [2.24, 2.45) is 11.8 Å². The molecule has 1 N–H and O–H groups in total. The Morgan fingerprint density at radius 3 is 2.32 bits per heavy atom. The molecule has 2 atom stereocenters.